The molecule has 0 saturated heterocycles. The largest absolute Gasteiger partial charge is 0.414 e. The van der Waals surface area contributed by atoms with Crippen LogP contribution in [0.5, 0.6) is 0 Å². The van der Waals surface area contributed by atoms with Crippen LogP contribution in [0.2, 0.25) is 18.1 Å². The standard InChI is InChI=1S/C27H33N3O4SSi/c1-27(2,3)36(5,6)34-18-24(19-10-8-7-9-11-19)30-17-21-13-12-20(16-22(21)25(30)31)23-14-15-28-26(29-23)35(4,32)33/h7-16,24H,17-18H2,1-6H3. The number of aromatic nitrogens is 2. The lowest BCUT2D eigenvalue weighted by molar-refractivity contribution is 0.0624. The molecule has 1 aromatic heterocycles. The number of hydrogen-bond donors (Lipinski definition) is 0. The van der Waals surface area contributed by atoms with Gasteiger partial charge in [0.25, 0.3) is 5.91 Å². The highest BCUT2D eigenvalue weighted by atomic mass is 32.2. The van der Waals surface area contributed by atoms with E-state index in [1.54, 1.807) is 12.1 Å². The fraction of sp³-hybridized carbons (Fsp3) is 0.370. The summed E-state index contributed by atoms with van der Waals surface area (Å²) < 4.78 is 30.4. The zero-order chi connectivity index (χ0) is 26.3. The van der Waals surface area contributed by atoms with E-state index in [2.05, 4.69) is 43.8 Å². The summed E-state index contributed by atoms with van der Waals surface area (Å²) in [5.41, 5.74) is 3.69. The maximum absolute atomic E-state index is 13.7. The maximum Gasteiger partial charge on any atom is 0.255 e. The molecule has 2 heterocycles. The smallest absolute Gasteiger partial charge is 0.255 e. The van der Waals surface area contributed by atoms with Crippen LogP contribution in [0.3, 0.4) is 0 Å². The van der Waals surface area contributed by atoms with Crippen molar-refractivity contribution in [2.75, 3.05) is 12.9 Å². The molecule has 1 amide bonds. The van der Waals surface area contributed by atoms with Crippen LogP contribution in [0.1, 0.15) is 48.3 Å². The number of sulfone groups is 1. The van der Waals surface area contributed by atoms with Gasteiger partial charge in [-0.15, -0.1) is 0 Å². The number of benzene rings is 2. The summed E-state index contributed by atoms with van der Waals surface area (Å²) in [6, 6.07) is 17.0. The fourth-order valence-electron chi connectivity index (χ4n) is 3.96. The first kappa shape index (κ1) is 26.2. The van der Waals surface area contributed by atoms with Gasteiger partial charge in [-0.2, -0.15) is 0 Å². The molecule has 7 nitrogen and oxygen atoms in total. The Morgan fingerprint density at radius 1 is 1.08 bits per heavy atom. The predicted octanol–water partition coefficient (Wildman–Crippen LogP) is 5.27. The molecular weight excluding hydrogens is 490 g/mol. The van der Waals surface area contributed by atoms with Crippen LogP contribution in [0.4, 0.5) is 0 Å². The third-order valence-corrected chi connectivity index (χ3v) is 12.5. The first-order chi connectivity index (χ1) is 16.8. The SMILES string of the molecule is CC(C)(C)[Si](C)(C)OCC(c1ccccc1)N1Cc2ccc(-c3ccnc(S(C)(=O)=O)n3)cc2C1=O. The second-order valence-corrected chi connectivity index (χ2v) is 17.5. The van der Waals surface area contributed by atoms with Crippen LogP contribution in [0.15, 0.2) is 66.0 Å². The van der Waals surface area contributed by atoms with E-state index in [0.29, 0.717) is 30.0 Å². The van der Waals surface area contributed by atoms with Crippen molar-refractivity contribution in [1.82, 2.24) is 14.9 Å². The zero-order valence-corrected chi connectivity index (χ0v) is 23.5. The Hall–Kier alpha value is -2.88. The number of carbonyl (C=O) groups excluding carboxylic acids is 1. The Labute approximate surface area is 214 Å². The third-order valence-electron chi connectivity index (χ3n) is 7.17. The van der Waals surface area contributed by atoms with Crippen LogP contribution in [-0.4, -0.2) is 50.4 Å². The average molecular weight is 524 g/mol. The molecule has 0 aliphatic carbocycles. The van der Waals surface area contributed by atoms with Crippen molar-refractivity contribution in [3.05, 3.63) is 77.5 Å². The summed E-state index contributed by atoms with van der Waals surface area (Å²) in [6.45, 7) is 12.0. The minimum absolute atomic E-state index is 0.0590. The highest BCUT2D eigenvalue weighted by Crippen LogP contribution is 2.39. The molecule has 3 aromatic rings. The Morgan fingerprint density at radius 2 is 1.78 bits per heavy atom. The summed E-state index contributed by atoms with van der Waals surface area (Å²) in [4.78, 5) is 23.6. The van der Waals surface area contributed by atoms with E-state index < -0.39 is 18.2 Å². The maximum atomic E-state index is 13.7. The lowest BCUT2D eigenvalue weighted by atomic mass is 10.0. The number of amides is 1. The van der Waals surface area contributed by atoms with Crippen LogP contribution in [-0.2, 0) is 20.8 Å². The minimum Gasteiger partial charge on any atom is -0.414 e. The van der Waals surface area contributed by atoms with E-state index in [1.165, 1.54) is 6.20 Å². The van der Waals surface area contributed by atoms with E-state index in [0.717, 1.165) is 17.4 Å². The second-order valence-electron chi connectivity index (χ2n) is 10.8. The zero-order valence-electron chi connectivity index (χ0n) is 21.6. The van der Waals surface area contributed by atoms with E-state index in [-0.39, 0.29) is 22.1 Å². The van der Waals surface area contributed by atoms with Gasteiger partial charge in [-0.05, 0) is 41.4 Å². The molecule has 9 heteroatoms. The van der Waals surface area contributed by atoms with Gasteiger partial charge in [-0.3, -0.25) is 4.79 Å². The Bertz CT molecular complexity index is 1390. The molecule has 0 saturated carbocycles. The molecule has 1 aliphatic heterocycles. The third kappa shape index (κ3) is 5.28. The Balaban J connectivity index is 1.66. The molecule has 190 valence electrons. The van der Waals surface area contributed by atoms with Crippen molar-refractivity contribution in [3.8, 4) is 11.3 Å². The molecule has 1 aliphatic rings. The predicted molar refractivity (Wildman–Crippen MR) is 143 cm³/mol. The van der Waals surface area contributed by atoms with Crippen molar-refractivity contribution in [2.24, 2.45) is 0 Å². The van der Waals surface area contributed by atoms with E-state index in [1.807, 2.05) is 47.4 Å². The van der Waals surface area contributed by atoms with Gasteiger partial charge in [-0.1, -0.05) is 63.2 Å². The number of rotatable bonds is 7. The second kappa shape index (κ2) is 9.53. The first-order valence-corrected chi connectivity index (χ1v) is 16.7. The monoisotopic (exact) mass is 523 g/mol. The van der Waals surface area contributed by atoms with Crippen molar-refractivity contribution in [3.63, 3.8) is 0 Å². The quantitative estimate of drug-likeness (QED) is 0.310. The number of nitrogens with zero attached hydrogens (tertiary/aromatic N) is 3. The highest BCUT2D eigenvalue weighted by molar-refractivity contribution is 7.90. The molecule has 1 unspecified atom stereocenters. The van der Waals surface area contributed by atoms with Gasteiger partial charge in [0.15, 0.2) is 8.32 Å². The topological polar surface area (TPSA) is 89.5 Å². The van der Waals surface area contributed by atoms with Gasteiger partial charge >= 0.3 is 0 Å². The van der Waals surface area contributed by atoms with Crippen molar-refractivity contribution in [2.45, 2.75) is 56.6 Å². The molecule has 0 spiro atoms. The molecule has 36 heavy (non-hydrogen) atoms. The lowest BCUT2D eigenvalue weighted by Crippen LogP contribution is -2.43. The minimum atomic E-state index is -3.54. The van der Waals surface area contributed by atoms with Gasteiger partial charge in [0.05, 0.1) is 18.3 Å². The summed E-state index contributed by atoms with van der Waals surface area (Å²) in [7, 11) is -5.57. The molecular formula is C27H33N3O4SSi. The van der Waals surface area contributed by atoms with Crippen LogP contribution >= 0.6 is 0 Å². The molecule has 1 atom stereocenters. The van der Waals surface area contributed by atoms with Crippen LogP contribution in [0.25, 0.3) is 11.3 Å². The Kier molecular flexibility index (Phi) is 6.93. The average Bonchev–Trinajstić information content (AvgIpc) is 3.14. The molecule has 2 aromatic carbocycles. The van der Waals surface area contributed by atoms with Gasteiger partial charge in [0.2, 0.25) is 15.0 Å². The summed E-state index contributed by atoms with van der Waals surface area (Å²) in [5, 5.41) is -0.177. The van der Waals surface area contributed by atoms with Crippen LogP contribution < -0.4 is 0 Å². The van der Waals surface area contributed by atoms with Gasteiger partial charge in [0.1, 0.15) is 0 Å². The normalized spacial score (nSPS) is 15.2. The van der Waals surface area contributed by atoms with Gasteiger partial charge in [0, 0.05) is 30.1 Å². The molecule has 0 N–H and O–H groups in total. The number of fused-ring (bicyclic) bond motifs is 1. The van der Waals surface area contributed by atoms with Crippen LogP contribution in [0, 0.1) is 0 Å². The first-order valence-electron chi connectivity index (χ1n) is 11.9. The summed E-state index contributed by atoms with van der Waals surface area (Å²) in [6.07, 6.45) is 2.50. The highest BCUT2D eigenvalue weighted by Gasteiger charge is 2.40. The lowest BCUT2D eigenvalue weighted by Gasteiger charge is -2.38. The summed E-state index contributed by atoms with van der Waals surface area (Å²) >= 11 is 0. The van der Waals surface area contributed by atoms with Gasteiger partial charge in [-0.25, -0.2) is 18.4 Å². The van der Waals surface area contributed by atoms with Crippen molar-refractivity contribution < 1.29 is 17.6 Å². The summed E-state index contributed by atoms with van der Waals surface area (Å²) in [5.74, 6) is -0.0723. The van der Waals surface area contributed by atoms with Gasteiger partial charge < -0.3 is 9.33 Å². The molecule has 0 fully saturated rings. The fourth-order valence-corrected chi connectivity index (χ4v) is 5.48. The van der Waals surface area contributed by atoms with E-state index in [4.69, 9.17) is 4.43 Å². The van der Waals surface area contributed by atoms with E-state index >= 15 is 0 Å². The molecule has 0 bridgehead atoms. The Morgan fingerprint density at radius 3 is 2.42 bits per heavy atom. The van der Waals surface area contributed by atoms with E-state index in [9.17, 15) is 13.2 Å². The van der Waals surface area contributed by atoms with Crippen molar-refractivity contribution >= 4 is 24.1 Å². The molecule has 0 radical (unpaired) electrons. The molecule has 4 rings (SSSR count). The number of hydrogen-bond acceptors (Lipinski definition) is 6. The number of carbonyl (C=O) groups is 1. The van der Waals surface area contributed by atoms with Crippen molar-refractivity contribution in [1.29, 1.82) is 0 Å².